The van der Waals surface area contributed by atoms with Gasteiger partial charge in [-0.2, -0.15) is 5.26 Å². The highest BCUT2D eigenvalue weighted by atomic mass is 32.2. The zero-order valence-corrected chi connectivity index (χ0v) is 13.4. The lowest BCUT2D eigenvalue weighted by Gasteiger charge is -2.33. The summed E-state index contributed by atoms with van der Waals surface area (Å²) in [6, 6.07) is 5.80. The predicted octanol–water partition coefficient (Wildman–Crippen LogP) is 1.31. The van der Waals surface area contributed by atoms with Crippen molar-refractivity contribution in [2.75, 3.05) is 18.0 Å². The van der Waals surface area contributed by atoms with Gasteiger partial charge >= 0.3 is 0 Å². The van der Waals surface area contributed by atoms with Gasteiger partial charge in [0.25, 0.3) is 0 Å². The fourth-order valence-corrected chi connectivity index (χ4v) is 4.44. The summed E-state index contributed by atoms with van der Waals surface area (Å²) in [6.07, 6.45) is 3.05. The van der Waals surface area contributed by atoms with Crippen LogP contribution in [0.4, 0.5) is 5.82 Å². The maximum Gasteiger partial charge on any atom is 0.214 e. The van der Waals surface area contributed by atoms with Gasteiger partial charge in [-0.1, -0.05) is 0 Å². The van der Waals surface area contributed by atoms with E-state index >= 15 is 0 Å². The molecule has 22 heavy (non-hydrogen) atoms. The Morgan fingerprint density at radius 3 is 2.55 bits per heavy atom. The van der Waals surface area contributed by atoms with E-state index in [1.807, 2.05) is 13.0 Å². The van der Waals surface area contributed by atoms with E-state index in [9.17, 15) is 13.7 Å². The van der Waals surface area contributed by atoms with E-state index in [1.165, 1.54) is 0 Å². The van der Waals surface area contributed by atoms with Gasteiger partial charge in [-0.15, -0.1) is 0 Å². The maximum atomic E-state index is 12.0. The Hall–Kier alpha value is -1.65. The average molecular weight is 320 g/mol. The monoisotopic (exact) mass is 320 g/mol. The summed E-state index contributed by atoms with van der Waals surface area (Å²) < 4.78 is 26.8. The molecule has 2 fully saturated rings. The molecule has 1 aliphatic heterocycles. The quantitative estimate of drug-likeness (QED) is 0.904. The molecule has 1 aromatic heterocycles. The predicted molar refractivity (Wildman–Crippen MR) is 84.0 cm³/mol. The number of aryl methyl sites for hydroxylation is 1. The number of nitriles is 1. The van der Waals surface area contributed by atoms with E-state index in [4.69, 9.17) is 0 Å². The Kier molecular flexibility index (Phi) is 4.06. The highest BCUT2D eigenvalue weighted by Gasteiger charge is 2.37. The minimum Gasteiger partial charge on any atom is -0.355 e. The second kappa shape index (κ2) is 5.86. The Labute approximate surface area is 131 Å². The molecule has 0 aromatic carbocycles. The molecule has 7 heteroatoms. The molecule has 1 saturated carbocycles. The number of pyridine rings is 1. The molecule has 2 aliphatic rings. The lowest BCUT2D eigenvalue weighted by atomic mass is 10.1. The lowest BCUT2D eigenvalue weighted by molar-refractivity contribution is 0.458. The number of hydrogen-bond donors (Lipinski definition) is 1. The Morgan fingerprint density at radius 1 is 1.27 bits per heavy atom. The summed E-state index contributed by atoms with van der Waals surface area (Å²) in [5.74, 6) is 0.714. The molecule has 0 amide bonds. The number of hydrogen-bond acceptors (Lipinski definition) is 5. The van der Waals surface area contributed by atoms with E-state index in [-0.39, 0.29) is 11.3 Å². The van der Waals surface area contributed by atoms with Crippen LogP contribution in [0.25, 0.3) is 0 Å². The van der Waals surface area contributed by atoms with Crippen molar-refractivity contribution in [1.29, 1.82) is 5.26 Å². The van der Waals surface area contributed by atoms with Crippen molar-refractivity contribution < 1.29 is 8.42 Å². The molecule has 1 aromatic rings. The van der Waals surface area contributed by atoms with Crippen molar-refractivity contribution in [3.05, 3.63) is 23.4 Å². The number of nitrogens with one attached hydrogen (secondary N) is 1. The SMILES string of the molecule is Cc1ccc(C#N)c(N2CCC(NS(=O)(=O)C3CC3)CC2)n1. The molecule has 1 aliphatic carbocycles. The van der Waals surface area contributed by atoms with Crippen LogP contribution in [0.15, 0.2) is 12.1 Å². The van der Waals surface area contributed by atoms with Crippen molar-refractivity contribution in [2.24, 2.45) is 0 Å². The van der Waals surface area contributed by atoms with E-state index in [0.29, 0.717) is 24.5 Å². The Balaban J connectivity index is 1.65. The Morgan fingerprint density at radius 2 is 1.95 bits per heavy atom. The van der Waals surface area contributed by atoms with Gasteiger partial charge in [-0.25, -0.2) is 18.1 Å². The van der Waals surface area contributed by atoms with Gasteiger partial charge in [-0.05, 0) is 44.7 Å². The molecule has 1 N–H and O–H groups in total. The maximum absolute atomic E-state index is 12.0. The molecule has 1 saturated heterocycles. The van der Waals surface area contributed by atoms with Crippen LogP contribution in [0.5, 0.6) is 0 Å². The highest BCUT2D eigenvalue weighted by Crippen LogP contribution is 2.29. The summed E-state index contributed by atoms with van der Waals surface area (Å²) in [4.78, 5) is 6.55. The molecular formula is C15H20N4O2S. The number of aromatic nitrogens is 1. The van der Waals surface area contributed by atoms with E-state index in [1.54, 1.807) is 6.07 Å². The normalized spacial score (nSPS) is 19.9. The number of anilines is 1. The van der Waals surface area contributed by atoms with Crippen molar-refractivity contribution >= 4 is 15.8 Å². The second-order valence-electron chi connectivity index (χ2n) is 6.06. The third-order valence-electron chi connectivity index (χ3n) is 4.22. The first-order chi connectivity index (χ1) is 10.5. The highest BCUT2D eigenvalue weighted by molar-refractivity contribution is 7.90. The molecule has 0 spiro atoms. The van der Waals surface area contributed by atoms with Crippen molar-refractivity contribution in [2.45, 2.75) is 43.9 Å². The van der Waals surface area contributed by atoms with Crippen LogP contribution in [0.1, 0.15) is 36.9 Å². The standard InChI is InChI=1S/C15H20N4O2S/c1-11-2-3-12(10-16)15(17-11)19-8-6-13(7-9-19)18-22(20,21)14-4-5-14/h2-3,13-14,18H,4-9H2,1H3. The topological polar surface area (TPSA) is 86.1 Å². The second-order valence-corrected chi connectivity index (χ2v) is 8.05. The summed E-state index contributed by atoms with van der Waals surface area (Å²) in [5, 5.41) is 9.03. The molecule has 0 atom stereocenters. The Bertz CT molecular complexity index is 699. The molecule has 0 bridgehead atoms. The van der Waals surface area contributed by atoms with Gasteiger partial charge in [0.2, 0.25) is 10.0 Å². The number of piperidine rings is 1. The van der Waals surface area contributed by atoms with Crippen LogP contribution in [0, 0.1) is 18.3 Å². The average Bonchev–Trinajstić information content (AvgIpc) is 3.33. The van der Waals surface area contributed by atoms with Gasteiger partial charge in [0.15, 0.2) is 0 Å². The van der Waals surface area contributed by atoms with Crippen molar-refractivity contribution in [3.8, 4) is 6.07 Å². The van der Waals surface area contributed by atoms with Crippen LogP contribution < -0.4 is 9.62 Å². The van der Waals surface area contributed by atoms with Crippen molar-refractivity contribution in [1.82, 2.24) is 9.71 Å². The van der Waals surface area contributed by atoms with Gasteiger partial charge in [0.05, 0.1) is 10.8 Å². The number of sulfonamides is 1. The van der Waals surface area contributed by atoms with Gasteiger partial charge in [-0.3, -0.25) is 0 Å². The van der Waals surface area contributed by atoms with Crippen LogP contribution >= 0.6 is 0 Å². The van der Waals surface area contributed by atoms with Crippen LogP contribution in [0.3, 0.4) is 0 Å². The molecule has 3 rings (SSSR count). The van der Waals surface area contributed by atoms with E-state index in [0.717, 1.165) is 31.4 Å². The molecular weight excluding hydrogens is 300 g/mol. The van der Waals surface area contributed by atoms with E-state index in [2.05, 4.69) is 20.7 Å². The van der Waals surface area contributed by atoms with Crippen LogP contribution in [-0.2, 0) is 10.0 Å². The zero-order valence-electron chi connectivity index (χ0n) is 12.6. The third-order valence-corrected chi connectivity index (χ3v) is 6.23. The number of rotatable bonds is 4. The smallest absolute Gasteiger partial charge is 0.214 e. The zero-order chi connectivity index (χ0) is 15.7. The first-order valence-corrected chi connectivity index (χ1v) is 9.18. The lowest BCUT2D eigenvalue weighted by Crippen LogP contribution is -2.46. The van der Waals surface area contributed by atoms with Crippen LogP contribution in [0.2, 0.25) is 0 Å². The number of nitrogens with zero attached hydrogens (tertiary/aromatic N) is 3. The summed E-state index contributed by atoms with van der Waals surface area (Å²) in [7, 11) is -3.12. The molecule has 118 valence electrons. The van der Waals surface area contributed by atoms with Crippen LogP contribution in [-0.4, -0.2) is 37.8 Å². The first kappa shape index (κ1) is 15.3. The summed E-state index contributed by atoms with van der Waals surface area (Å²) >= 11 is 0. The third kappa shape index (κ3) is 3.23. The minimum absolute atomic E-state index is 0.00260. The largest absolute Gasteiger partial charge is 0.355 e. The van der Waals surface area contributed by atoms with Crippen molar-refractivity contribution in [3.63, 3.8) is 0 Å². The molecule has 6 nitrogen and oxygen atoms in total. The van der Waals surface area contributed by atoms with Gasteiger partial charge in [0.1, 0.15) is 11.9 Å². The molecule has 0 radical (unpaired) electrons. The fourth-order valence-electron chi connectivity index (χ4n) is 2.79. The summed E-state index contributed by atoms with van der Waals surface area (Å²) in [6.45, 7) is 3.33. The van der Waals surface area contributed by atoms with Gasteiger partial charge < -0.3 is 4.90 Å². The molecule has 2 heterocycles. The fraction of sp³-hybridized carbons (Fsp3) is 0.600. The first-order valence-electron chi connectivity index (χ1n) is 7.63. The van der Waals surface area contributed by atoms with Gasteiger partial charge in [0, 0.05) is 24.8 Å². The minimum atomic E-state index is -3.12. The van der Waals surface area contributed by atoms with E-state index < -0.39 is 10.0 Å². The summed E-state index contributed by atoms with van der Waals surface area (Å²) in [5.41, 5.74) is 1.45. The molecule has 0 unspecified atom stereocenters.